The van der Waals surface area contributed by atoms with Crippen LogP contribution in [0.1, 0.15) is 25.3 Å². The van der Waals surface area contributed by atoms with Crippen LogP contribution in [0, 0.1) is 0 Å². The first-order valence-electron chi connectivity index (χ1n) is 8.39. The van der Waals surface area contributed by atoms with Crippen LogP contribution in [0.5, 0.6) is 0 Å². The van der Waals surface area contributed by atoms with E-state index in [1.54, 1.807) is 19.1 Å². The highest BCUT2D eigenvalue weighted by Crippen LogP contribution is 2.20. The van der Waals surface area contributed by atoms with Gasteiger partial charge in [-0.1, -0.05) is 23.7 Å². The zero-order valence-corrected chi connectivity index (χ0v) is 15.1. The average molecular weight is 381 g/mol. The molecule has 2 amide bonds. The molecule has 0 saturated carbocycles. The molecule has 0 radical (unpaired) electrons. The molecular formula is C17H21ClN4O4. The monoisotopic (exact) mass is 380 g/mol. The second-order valence-corrected chi connectivity index (χ2v) is 6.82. The highest BCUT2D eigenvalue weighted by Gasteiger charge is 2.39. The summed E-state index contributed by atoms with van der Waals surface area (Å²) in [6.45, 7) is 2.14. The van der Waals surface area contributed by atoms with Gasteiger partial charge >= 0.3 is 0 Å². The van der Waals surface area contributed by atoms with Crippen molar-refractivity contribution >= 4 is 29.3 Å². The van der Waals surface area contributed by atoms with Crippen molar-refractivity contribution in [3.63, 3.8) is 0 Å². The van der Waals surface area contributed by atoms with E-state index in [1.165, 1.54) is 4.90 Å². The molecule has 0 spiro atoms. The molecule has 3 rings (SSSR count). The first kappa shape index (κ1) is 18.6. The maximum absolute atomic E-state index is 12.5. The van der Waals surface area contributed by atoms with Crippen LogP contribution >= 0.6 is 11.6 Å². The van der Waals surface area contributed by atoms with Gasteiger partial charge in [0.05, 0.1) is 12.5 Å². The van der Waals surface area contributed by atoms with Crippen molar-refractivity contribution in [3.05, 3.63) is 34.9 Å². The van der Waals surface area contributed by atoms with Gasteiger partial charge in [0.2, 0.25) is 17.7 Å². The summed E-state index contributed by atoms with van der Waals surface area (Å²) >= 11 is 5.84. The molecule has 26 heavy (non-hydrogen) atoms. The standard InChI is InChI=1S/C17H21ClN4O4/c1-10-20-15(21-26-10)7-16(24)22-9-13(23)6-14(22)17(25)19-8-11-2-4-12(18)5-3-11/h2-5,13-15,21,23H,6-9H2,1H3,(H,19,25). The number of aliphatic imine (C=N–C) groups is 1. The Labute approximate surface area is 156 Å². The number of nitrogens with one attached hydrogen (secondary N) is 2. The van der Waals surface area contributed by atoms with Crippen molar-refractivity contribution in [1.82, 2.24) is 15.7 Å². The minimum Gasteiger partial charge on any atom is -0.392 e. The van der Waals surface area contributed by atoms with Crippen LogP contribution in [-0.4, -0.2) is 52.6 Å². The molecule has 2 heterocycles. The number of hydrogen-bond donors (Lipinski definition) is 3. The molecule has 0 aromatic heterocycles. The van der Waals surface area contributed by atoms with Crippen LogP contribution in [-0.2, 0) is 21.0 Å². The van der Waals surface area contributed by atoms with Gasteiger partial charge in [-0.2, -0.15) is 0 Å². The van der Waals surface area contributed by atoms with Gasteiger partial charge < -0.3 is 20.2 Å². The minimum absolute atomic E-state index is 0.0605. The largest absolute Gasteiger partial charge is 0.392 e. The van der Waals surface area contributed by atoms with Crippen molar-refractivity contribution in [2.45, 2.75) is 44.6 Å². The lowest BCUT2D eigenvalue weighted by Gasteiger charge is -2.24. The molecule has 2 aliphatic heterocycles. The molecule has 2 aliphatic rings. The number of likely N-dealkylation sites (tertiary alicyclic amines) is 1. The Morgan fingerprint density at radius 2 is 2.15 bits per heavy atom. The number of β-amino-alcohol motifs (C(OH)–C–C–N with tert-alkyl or cyclic N) is 1. The maximum atomic E-state index is 12.5. The number of rotatable bonds is 5. The highest BCUT2D eigenvalue weighted by molar-refractivity contribution is 6.30. The van der Waals surface area contributed by atoms with Crippen molar-refractivity contribution in [1.29, 1.82) is 0 Å². The number of hydroxylamine groups is 1. The van der Waals surface area contributed by atoms with Gasteiger partial charge in [-0.15, -0.1) is 5.48 Å². The summed E-state index contributed by atoms with van der Waals surface area (Å²) in [5.74, 6) is -0.0885. The molecular weight excluding hydrogens is 360 g/mol. The van der Waals surface area contributed by atoms with Crippen LogP contribution in [0.3, 0.4) is 0 Å². The van der Waals surface area contributed by atoms with Crippen LogP contribution in [0.4, 0.5) is 0 Å². The van der Waals surface area contributed by atoms with Gasteiger partial charge in [0.1, 0.15) is 12.2 Å². The zero-order chi connectivity index (χ0) is 18.7. The number of aliphatic hydroxyl groups excluding tert-OH is 1. The number of aliphatic hydroxyl groups is 1. The maximum Gasteiger partial charge on any atom is 0.243 e. The van der Waals surface area contributed by atoms with Crippen LogP contribution in [0.25, 0.3) is 0 Å². The topological polar surface area (TPSA) is 103 Å². The number of carbonyl (C=O) groups excluding carboxylic acids is 2. The van der Waals surface area contributed by atoms with E-state index in [4.69, 9.17) is 16.4 Å². The molecule has 1 fully saturated rings. The van der Waals surface area contributed by atoms with Gasteiger partial charge in [0, 0.05) is 31.5 Å². The summed E-state index contributed by atoms with van der Waals surface area (Å²) in [6.07, 6.45) is -0.915. The molecule has 140 valence electrons. The Kier molecular flexibility index (Phi) is 5.75. The second-order valence-electron chi connectivity index (χ2n) is 6.38. The van der Waals surface area contributed by atoms with E-state index in [0.717, 1.165) is 5.56 Å². The predicted octanol–water partition coefficient (Wildman–Crippen LogP) is 0.587. The lowest BCUT2D eigenvalue weighted by atomic mass is 10.1. The van der Waals surface area contributed by atoms with E-state index < -0.39 is 18.3 Å². The van der Waals surface area contributed by atoms with Gasteiger partial charge in [0.15, 0.2) is 0 Å². The molecule has 1 aromatic carbocycles. The highest BCUT2D eigenvalue weighted by atomic mass is 35.5. The van der Waals surface area contributed by atoms with Crippen molar-refractivity contribution in [3.8, 4) is 0 Å². The van der Waals surface area contributed by atoms with Gasteiger partial charge in [-0.25, -0.2) is 4.99 Å². The molecule has 8 nitrogen and oxygen atoms in total. The van der Waals surface area contributed by atoms with E-state index >= 15 is 0 Å². The summed E-state index contributed by atoms with van der Waals surface area (Å²) in [5, 5.41) is 13.4. The fraction of sp³-hybridized carbons (Fsp3) is 0.471. The Bertz CT molecular complexity index is 709. The fourth-order valence-electron chi connectivity index (χ4n) is 3.04. The quantitative estimate of drug-likeness (QED) is 0.693. The molecule has 0 aliphatic carbocycles. The van der Waals surface area contributed by atoms with Crippen LogP contribution in [0.2, 0.25) is 5.02 Å². The summed E-state index contributed by atoms with van der Waals surface area (Å²) in [4.78, 5) is 35.6. The summed E-state index contributed by atoms with van der Waals surface area (Å²) in [7, 11) is 0. The first-order chi connectivity index (χ1) is 12.4. The first-order valence-corrected chi connectivity index (χ1v) is 8.76. The van der Waals surface area contributed by atoms with E-state index in [2.05, 4.69) is 15.8 Å². The van der Waals surface area contributed by atoms with Crippen molar-refractivity contribution in [2.75, 3.05) is 6.54 Å². The Hall–Kier alpha value is -2.16. The van der Waals surface area contributed by atoms with E-state index in [0.29, 0.717) is 17.5 Å². The molecule has 9 heteroatoms. The predicted molar refractivity (Wildman–Crippen MR) is 95.2 cm³/mol. The summed E-state index contributed by atoms with van der Waals surface area (Å²) in [5.41, 5.74) is 3.54. The molecule has 3 unspecified atom stereocenters. The van der Waals surface area contributed by atoms with Crippen LogP contribution in [0.15, 0.2) is 29.3 Å². The average Bonchev–Trinajstić information content (AvgIpc) is 3.19. The van der Waals surface area contributed by atoms with Gasteiger partial charge in [-0.3, -0.25) is 9.59 Å². The SMILES string of the molecule is CC1=NC(CC(=O)N2CC(O)CC2C(=O)NCc2ccc(Cl)cc2)NO1. The third-order valence-electron chi connectivity index (χ3n) is 4.33. The van der Waals surface area contributed by atoms with E-state index in [1.807, 2.05) is 12.1 Å². The lowest BCUT2D eigenvalue weighted by Crippen LogP contribution is -2.46. The molecule has 1 aromatic rings. The zero-order valence-electron chi connectivity index (χ0n) is 14.3. The third-order valence-corrected chi connectivity index (χ3v) is 4.58. The van der Waals surface area contributed by atoms with Crippen molar-refractivity contribution < 1.29 is 19.5 Å². The third kappa shape index (κ3) is 4.51. The minimum atomic E-state index is -0.719. The number of nitrogens with zero attached hydrogens (tertiary/aromatic N) is 2. The van der Waals surface area contributed by atoms with Crippen LogP contribution < -0.4 is 10.8 Å². The second kappa shape index (κ2) is 8.03. The number of amides is 2. The van der Waals surface area contributed by atoms with Crippen molar-refractivity contribution in [2.24, 2.45) is 4.99 Å². The van der Waals surface area contributed by atoms with Gasteiger partial charge in [-0.05, 0) is 17.7 Å². The Balaban J connectivity index is 1.58. The molecule has 0 bridgehead atoms. The molecule has 3 atom stereocenters. The smallest absolute Gasteiger partial charge is 0.243 e. The van der Waals surface area contributed by atoms with Gasteiger partial charge in [0.25, 0.3) is 0 Å². The number of carbonyl (C=O) groups is 2. The number of benzene rings is 1. The molecule has 3 N–H and O–H groups in total. The number of hydrogen-bond acceptors (Lipinski definition) is 6. The van der Waals surface area contributed by atoms with E-state index in [9.17, 15) is 14.7 Å². The van der Waals surface area contributed by atoms with E-state index in [-0.39, 0.29) is 31.2 Å². The Morgan fingerprint density at radius 3 is 2.81 bits per heavy atom. The number of halogens is 1. The molecule has 1 saturated heterocycles. The normalized spacial score (nSPS) is 25.0. The lowest BCUT2D eigenvalue weighted by molar-refractivity contribution is -0.139. The fourth-order valence-corrected chi connectivity index (χ4v) is 3.17. The summed E-state index contributed by atoms with van der Waals surface area (Å²) < 4.78 is 0. The Morgan fingerprint density at radius 1 is 1.42 bits per heavy atom. The summed E-state index contributed by atoms with van der Waals surface area (Å²) in [6, 6.07) is 6.44.